The molecule has 2 heterocycles. The summed E-state index contributed by atoms with van der Waals surface area (Å²) in [5, 5.41) is 19.9. The number of nitrogens with one attached hydrogen (secondary N) is 2. The molecule has 0 saturated carbocycles. The van der Waals surface area contributed by atoms with Crippen LogP contribution in [0.2, 0.25) is 0 Å². The van der Waals surface area contributed by atoms with Crippen molar-refractivity contribution in [1.29, 1.82) is 0 Å². The van der Waals surface area contributed by atoms with Crippen LogP contribution in [0.1, 0.15) is 27.3 Å². The topological polar surface area (TPSA) is 105 Å². The Morgan fingerprint density at radius 1 is 1.10 bits per heavy atom. The van der Waals surface area contributed by atoms with Crippen molar-refractivity contribution < 1.29 is 9.90 Å². The van der Waals surface area contributed by atoms with Crippen molar-refractivity contribution in [2.75, 3.05) is 5.32 Å². The maximum Gasteiger partial charge on any atom is 0.295 e. The van der Waals surface area contributed by atoms with E-state index >= 15 is 0 Å². The second-order valence-electron chi connectivity index (χ2n) is 7.53. The van der Waals surface area contributed by atoms with Gasteiger partial charge >= 0.3 is 0 Å². The summed E-state index contributed by atoms with van der Waals surface area (Å²) in [6.45, 7) is 5.53. The van der Waals surface area contributed by atoms with E-state index < -0.39 is 5.91 Å². The van der Waals surface area contributed by atoms with Gasteiger partial charge in [0.2, 0.25) is 0 Å². The highest BCUT2D eigenvalue weighted by Gasteiger charge is 2.21. The Balaban J connectivity index is 1.66. The molecule has 8 heteroatoms. The van der Waals surface area contributed by atoms with Gasteiger partial charge in [0.05, 0.1) is 17.1 Å². The molecule has 2 aromatic heterocycles. The maximum atomic E-state index is 13.0. The smallest absolute Gasteiger partial charge is 0.295 e. The molecule has 0 fully saturated rings. The number of aromatic amines is 1. The summed E-state index contributed by atoms with van der Waals surface area (Å²) >= 11 is 0. The minimum absolute atomic E-state index is 0.0978. The number of hydrogen-bond acceptors (Lipinski definition) is 4. The van der Waals surface area contributed by atoms with Crippen molar-refractivity contribution in [3.05, 3.63) is 81.4 Å². The maximum absolute atomic E-state index is 13.0. The lowest BCUT2D eigenvalue weighted by Gasteiger charge is -2.07. The lowest BCUT2D eigenvalue weighted by molar-refractivity contribution is 0.102. The van der Waals surface area contributed by atoms with Crippen LogP contribution in [-0.4, -0.2) is 30.6 Å². The second-order valence-corrected chi connectivity index (χ2v) is 7.53. The van der Waals surface area contributed by atoms with Gasteiger partial charge in [-0.05, 0) is 56.2 Å². The molecule has 0 unspecified atom stereocenters. The summed E-state index contributed by atoms with van der Waals surface area (Å²) in [4.78, 5) is 25.8. The molecule has 0 atom stereocenters. The zero-order valence-electron chi connectivity index (χ0n) is 17.7. The Hall–Kier alpha value is -4.07. The van der Waals surface area contributed by atoms with Gasteiger partial charge in [-0.2, -0.15) is 5.10 Å². The molecule has 0 spiro atoms. The molecule has 8 nitrogen and oxygen atoms in total. The van der Waals surface area contributed by atoms with Gasteiger partial charge in [0.15, 0.2) is 0 Å². The van der Waals surface area contributed by atoms with E-state index in [1.54, 1.807) is 30.8 Å². The third-order valence-corrected chi connectivity index (χ3v) is 5.33. The number of carbonyl (C=O) groups excluding carboxylic acids is 1. The molecule has 31 heavy (non-hydrogen) atoms. The highest BCUT2D eigenvalue weighted by Crippen LogP contribution is 2.32. The van der Waals surface area contributed by atoms with E-state index in [4.69, 9.17) is 0 Å². The van der Waals surface area contributed by atoms with Crippen LogP contribution >= 0.6 is 0 Å². The van der Waals surface area contributed by atoms with Crippen LogP contribution in [0.5, 0.6) is 5.75 Å². The van der Waals surface area contributed by atoms with Gasteiger partial charge in [0.1, 0.15) is 17.1 Å². The van der Waals surface area contributed by atoms with Crippen molar-refractivity contribution >= 4 is 11.6 Å². The van der Waals surface area contributed by atoms with Gasteiger partial charge in [-0.3, -0.25) is 19.4 Å². The Morgan fingerprint density at radius 2 is 1.81 bits per heavy atom. The van der Waals surface area contributed by atoms with Gasteiger partial charge in [-0.1, -0.05) is 24.3 Å². The predicted molar refractivity (Wildman–Crippen MR) is 119 cm³/mol. The first-order chi connectivity index (χ1) is 14.8. The number of phenolic OH excluding ortho intramolecular Hbond substituents is 1. The Kier molecular flexibility index (Phi) is 4.98. The molecular formula is C23H23N5O3. The number of nitrogens with zero attached hydrogens (tertiary/aromatic N) is 3. The lowest BCUT2D eigenvalue weighted by Crippen LogP contribution is -2.23. The third kappa shape index (κ3) is 3.52. The summed E-state index contributed by atoms with van der Waals surface area (Å²) < 4.78 is 3.19. The number of aromatic hydroxyl groups is 1. The molecule has 0 radical (unpaired) electrons. The summed E-state index contributed by atoms with van der Waals surface area (Å²) in [5.74, 6) is -0.394. The quantitative estimate of drug-likeness (QED) is 0.473. The third-order valence-electron chi connectivity index (χ3n) is 5.33. The van der Waals surface area contributed by atoms with Crippen molar-refractivity contribution in [3.63, 3.8) is 0 Å². The van der Waals surface area contributed by atoms with E-state index in [9.17, 15) is 14.7 Å². The molecule has 4 aromatic rings. The number of phenols is 1. The molecule has 2 aromatic carbocycles. The average molecular weight is 417 g/mol. The van der Waals surface area contributed by atoms with E-state index in [0.717, 1.165) is 11.1 Å². The average Bonchev–Trinajstić information content (AvgIpc) is 3.28. The number of benzene rings is 2. The number of anilines is 1. The van der Waals surface area contributed by atoms with Gasteiger partial charge in [0, 0.05) is 12.6 Å². The number of rotatable bonds is 4. The molecule has 3 N–H and O–H groups in total. The zero-order chi connectivity index (χ0) is 22.3. The number of carbonyl (C=O) groups is 1. The number of aromatic nitrogens is 4. The minimum atomic E-state index is -0.492. The van der Waals surface area contributed by atoms with E-state index in [1.165, 1.54) is 4.68 Å². The number of hydrogen-bond donors (Lipinski definition) is 3. The Bertz CT molecular complexity index is 1320. The molecule has 0 aliphatic carbocycles. The van der Waals surface area contributed by atoms with Crippen molar-refractivity contribution in [3.8, 4) is 22.7 Å². The van der Waals surface area contributed by atoms with Crippen LogP contribution < -0.4 is 10.9 Å². The number of aryl methyl sites for hydroxylation is 2. The summed E-state index contributed by atoms with van der Waals surface area (Å²) in [6.07, 6.45) is 0. The first-order valence-electron chi connectivity index (χ1n) is 9.79. The van der Waals surface area contributed by atoms with Crippen molar-refractivity contribution in [2.45, 2.75) is 20.8 Å². The normalized spacial score (nSPS) is 11.0. The largest absolute Gasteiger partial charge is 0.507 e. The van der Waals surface area contributed by atoms with Crippen molar-refractivity contribution in [1.82, 2.24) is 19.6 Å². The molecular weight excluding hydrogens is 394 g/mol. The van der Waals surface area contributed by atoms with E-state index in [1.807, 2.05) is 50.2 Å². The Morgan fingerprint density at radius 3 is 2.48 bits per heavy atom. The fourth-order valence-corrected chi connectivity index (χ4v) is 3.74. The Labute approximate surface area is 178 Å². The molecule has 158 valence electrons. The highest BCUT2D eigenvalue weighted by molar-refractivity contribution is 6.03. The van der Waals surface area contributed by atoms with Crippen molar-refractivity contribution in [2.24, 2.45) is 7.05 Å². The van der Waals surface area contributed by atoms with Gasteiger partial charge in [-0.15, -0.1) is 0 Å². The van der Waals surface area contributed by atoms with Crippen LogP contribution in [0.3, 0.4) is 0 Å². The van der Waals surface area contributed by atoms with Crippen LogP contribution in [0, 0.1) is 20.8 Å². The fourth-order valence-electron chi connectivity index (χ4n) is 3.74. The zero-order valence-corrected chi connectivity index (χ0v) is 17.7. The number of para-hydroxylation sites is 1. The van der Waals surface area contributed by atoms with E-state index in [-0.39, 0.29) is 22.7 Å². The number of amides is 1. The minimum Gasteiger partial charge on any atom is -0.507 e. The summed E-state index contributed by atoms with van der Waals surface area (Å²) in [5.41, 5.74) is 4.16. The van der Waals surface area contributed by atoms with E-state index in [2.05, 4.69) is 15.5 Å². The molecule has 4 rings (SSSR count). The molecule has 0 bridgehead atoms. The molecule has 0 aliphatic rings. The second kappa shape index (κ2) is 7.64. The van der Waals surface area contributed by atoms with E-state index in [0.29, 0.717) is 22.6 Å². The first kappa shape index (κ1) is 20.2. The van der Waals surface area contributed by atoms with Crippen LogP contribution in [0.4, 0.5) is 5.69 Å². The van der Waals surface area contributed by atoms with Crippen LogP contribution in [0.25, 0.3) is 16.9 Å². The monoisotopic (exact) mass is 417 g/mol. The lowest BCUT2D eigenvalue weighted by atomic mass is 10.0. The fraction of sp³-hybridized carbons (Fsp3) is 0.174. The summed E-state index contributed by atoms with van der Waals surface area (Å²) in [6, 6.07) is 14.3. The summed E-state index contributed by atoms with van der Waals surface area (Å²) in [7, 11) is 1.76. The van der Waals surface area contributed by atoms with Crippen LogP contribution in [0.15, 0.2) is 53.3 Å². The highest BCUT2D eigenvalue weighted by atomic mass is 16.3. The van der Waals surface area contributed by atoms with Gasteiger partial charge < -0.3 is 10.4 Å². The molecule has 1 amide bonds. The predicted octanol–water partition coefficient (Wildman–Crippen LogP) is 3.45. The number of H-pyrrole nitrogens is 1. The van der Waals surface area contributed by atoms with Crippen LogP contribution in [-0.2, 0) is 7.05 Å². The first-order valence-corrected chi connectivity index (χ1v) is 9.79. The molecule has 0 saturated heterocycles. The standard InChI is InChI=1S/C23H23N5O3/c1-13-10-14(2)20(19(29)11-13)17-12-18(26-25-17)22(30)24-21-15(3)27(4)28(23(21)31)16-8-6-5-7-9-16/h5-12,29H,1-4H3,(H,24,30)(H,25,26). The SMILES string of the molecule is Cc1cc(C)c(-c2cc(C(=O)Nc3c(C)n(C)n(-c4ccccc4)c3=O)[nH]n2)c(O)c1. The van der Waals surface area contributed by atoms with Gasteiger partial charge in [0.25, 0.3) is 11.5 Å². The molecule has 0 aliphatic heterocycles. The van der Waals surface area contributed by atoms with Gasteiger partial charge in [-0.25, -0.2) is 4.68 Å².